The van der Waals surface area contributed by atoms with Crippen LogP contribution in [0.25, 0.3) is 11.3 Å². The van der Waals surface area contributed by atoms with Gasteiger partial charge in [-0.15, -0.1) is 0 Å². The van der Waals surface area contributed by atoms with Crippen molar-refractivity contribution in [3.63, 3.8) is 0 Å². The Bertz CT molecular complexity index is 906. The quantitative estimate of drug-likeness (QED) is 0.731. The maximum absolute atomic E-state index is 13.3. The molecule has 1 aromatic carbocycles. The van der Waals surface area contributed by atoms with E-state index in [1.807, 2.05) is 0 Å². The summed E-state index contributed by atoms with van der Waals surface area (Å²) in [6.07, 6.45) is 2.00. The third-order valence-corrected chi connectivity index (χ3v) is 3.64. The molecule has 2 N–H and O–H groups in total. The molecule has 0 aliphatic heterocycles. The average molecular weight is 359 g/mol. The van der Waals surface area contributed by atoms with E-state index in [1.54, 1.807) is 18.3 Å². The van der Waals surface area contributed by atoms with Gasteiger partial charge in [-0.2, -0.15) is 0 Å². The summed E-state index contributed by atoms with van der Waals surface area (Å²) < 4.78 is 31.6. The zero-order chi connectivity index (χ0) is 18.7. The fourth-order valence-corrected chi connectivity index (χ4v) is 2.49. The van der Waals surface area contributed by atoms with Crippen molar-refractivity contribution < 1.29 is 23.2 Å². The fourth-order valence-electron chi connectivity index (χ4n) is 2.49. The lowest BCUT2D eigenvalue weighted by Gasteiger charge is -2.08. The lowest BCUT2D eigenvalue weighted by atomic mass is 10.0. The molecule has 0 saturated heterocycles. The van der Waals surface area contributed by atoms with E-state index in [-0.39, 0.29) is 29.1 Å². The molecule has 0 fully saturated rings. The summed E-state index contributed by atoms with van der Waals surface area (Å²) in [4.78, 5) is 16.6. The molecule has 6 nitrogen and oxygen atoms in total. The van der Waals surface area contributed by atoms with E-state index in [0.717, 1.165) is 18.2 Å². The van der Waals surface area contributed by atoms with Crippen LogP contribution < -0.4 is 5.32 Å². The predicted octanol–water partition coefficient (Wildman–Crippen LogP) is 3.00. The van der Waals surface area contributed by atoms with Crippen LogP contribution in [0.15, 0.2) is 47.2 Å². The molecule has 0 unspecified atom stereocenters. The number of carbonyl (C=O) groups is 1. The molecular weight excluding hydrogens is 344 g/mol. The third-order valence-electron chi connectivity index (χ3n) is 3.64. The first-order chi connectivity index (χ1) is 12.5. The first-order valence-electron chi connectivity index (χ1n) is 7.77. The zero-order valence-corrected chi connectivity index (χ0v) is 13.7. The molecule has 0 saturated carbocycles. The minimum absolute atomic E-state index is 0.00761. The van der Waals surface area contributed by atoms with E-state index >= 15 is 0 Å². The smallest absolute Gasteiger partial charge is 0.257 e. The highest BCUT2D eigenvalue weighted by Crippen LogP contribution is 2.28. The molecule has 0 aliphatic rings. The molecule has 2 aromatic heterocycles. The molecule has 3 rings (SSSR count). The molecule has 2 heterocycles. The van der Waals surface area contributed by atoms with Crippen LogP contribution in [0, 0.1) is 11.6 Å². The Hall–Kier alpha value is -3.13. The fraction of sp³-hybridized carbons (Fsp3) is 0.167. The van der Waals surface area contributed by atoms with Gasteiger partial charge in [-0.05, 0) is 36.8 Å². The summed E-state index contributed by atoms with van der Waals surface area (Å²) in [7, 11) is 0. The van der Waals surface area contributed by atoms with Crippen molar-refractivity contribution in [1.82, 2.24) is 15.5 Å². The number of aromatic nitrogens is 2. The minimum atomic E-state index is -1.07. The van der Waals surface area contributed by atoms with E-state index < -0.39 is 23.6 Å². The number of pyridine rings is 1. The summed E-state index contributed by atoms with van der Waals surface area (Å²) in [5, 5.41) is 16.3. The van der Waals surface area contributed by atoms with E-state index in [4.69, 9.17) is 4.52 Å². The molecule has 0 radical (unpaired) electrons. The van der Waals surface area contributed by atoms with Crippen molar-refractivity contribution >= 4 is 5.91 Å². The van der Waals surface area contributed by atoms with Gasteiger partial charge in [-0.1, -0.05) is 5.16 Å². The van der Waals surface area contributed by atoms with Gasteiger partial charge < -0.3 is 14.9 Å². The first-order valence-corrected chi connectivity index (χ1v) is 7.77. The number of rotatable bonds is 5. The number of nitrogens with one attached hydrogen (secondary N) is 1. The highest BCUT2D eigenvalue weighted by Gasteiger charge is 2.26. The Morgan fingerprint density at radius 3 is 2.65 bits per heavy atom. The van der Waals surface area contributed by atoms with Crippen LogP contribution in [0.3, 0.4) is 0 Å². The second-order valence-corrected chi connectivity index (χ2v) is 5.65. The monoisotopic (exact) mass is 359 g/mol. The standard InChI is InChI=1S/C18H15F2N3O3/c1-10(24)17-15(16(23-26-17)12-3-2-4-21-9-12)18(25)22-8-11-5-13(19)7-14(20)6-11/h2-7,9-10,24H,8H2,1H3,(H,22,25)/t10-/m0/s1. The van der Waals surface area contributed by atoms with Crippen LogP contribution in [-0.4, -0.2) is 21.2 Å². The van der Waals surface area contributed by atoms with Crippen LogP contribution in [0.2, 0.25) is 0 Å². The van der Waals surface area contributed by atoms with Gasteiger partial charge in [0.25, 0.3) is 5.91 Å². The van der Waals surface area contributed by atoms with Crippen LogP contribution >= 0.6 is 0 Å². The van der Waals surface area contributed by atoms with Gasteiger partial charge >= 0.3 is 0 Å². The Morgan fingerprint density at radius 2 is 2.04 bits per heavy atom. The topological polar surface area (TPSA) is 88.2 Å². The van der Waals surface area contributed by atoms with E-state index in [9.17, 15) is 18.7 Å². The molecule has 1 amide bonds. The van der Waals surface area contributed by atoms with Crippen molar-refractivity contribution in [2.24, 2.45) is 0 Å². The van der Waals surface area contributed by atoms with Crippen molar-refractivity contribution in [2.75, 3.05) is 0 Å². The number of aliphatic hydroxyl groups is 1. The predicted molar refractivity (Wildman–Crippen MR) is 87.9 cm³/mol. The van der Waals surface area contributed by atoms with Crippen LogP contribution in [0.4, 0.5) is 8.78 Å². The second-order valence-electron chi connectivity index (χ2n) is 5.65. The van der Waals surface area contributed by atoms with Crippen LogP contribution in [0.1, 0.15) is 34.7 Å². The van der Waals surface area contributed by atoms with E-state index in [0.29, 0.717) is 5.56 Å². The number of carbonyl (C=O) groups excluding carboxylic acids is 1. The Morgan fingerprint density at radius 1 is 1.31 bits per heavy atom. The number of hydrogen-bond acceptors (Lipinski definition) is 5. The Labute approximate surface area is 147 Å². The van der Waals surface area contributed by atoms with E-state index in [2.05, 4.69) is 15.5 Å². The third kappa shape index (κ3) is 3.75. The van der Waals surface area contributed by atoms with Crippen molar-refractivity contribution in [2.45, 2.75) is 19.6 Å². The van der Waals surface area contributed by atoms with Gasteiger partial charge in [-0.25, -0.2) is 8.78 Å². The molecule has 134 valence electrons. The molecule has 0 bridgehead atoms. The number of halogens is 2. The van der Waals surface area contributed by atoms with Crippen molar-refractivity contribution in [3.8, 4) is 11.3 Å². The number of aliphatic hydroxyl groups excluding tert-OH is 1. The van der Waals surface area contributed by atoms with Gasteiger partial charge in [0, 0.05) is 30.6 Å². The summed E-state index contributed by atoms with van der Waals surface area (Å²) in [6.45, 7) is 1.33. The van der Waals surface area contributed by atoms with Gasteiger partial charge in [0.15, 0.2) is 5.76 Å². The average Bonchev–Trinajstić information content (AvgIpc) is 3.05. The summed E-state index contributed by atoms with van der Waals surface area (Å²) in [5.74, 6) is -2.07. The molecule has 26 heavy (non-hydrogen) atoms. The van der Waals surface area contributed by atoms with Crippen molar-refractivity contribution in [1.29, 1.82) is 0 Å². The number of hydrogen-bond donors (Lipinski definition) is 2. The van der Waals surface area contributed by atoms with Crippen molar-refractivity contribution in [3.05, 3.63) is 71.2 Å². The molecular formula is C18H15F2N3O3. The second kappa shape index (κ2) is 7.40. The lowest BCUT2D eigenvalue weighted by molar-refractivity contribution is 0.0938. The SMILES string of the molecule is C[C@H](O)c1onc(-c2cccnc2)c1C(=O)NCc1cc(F)cc(F)c1. The summed E-state index contributed by atoms with van der Waals surface area (Å²) in [5.41, 5.74) is 1.06. The van der Waals surface area contributed by atoms with Gasteiger partial charge in [0.2, 0.25) is 0 Å². The highest BCUT2D eigenvalue weighted by atomic mass is 19.1. The highest BCUT2D eigenvalue weighted by molar-refractivity contribution is 6.00. The summed E-state index contributed by atoms with van der Waals surface area (Å²) >= 11 is 0. The summed E-state index contributed by atoms with van der Waals surface area (Å²) in [6, 6.07) is 6.35. The number of amides is 1. The van der Waals surface area contributed by atoms with Crippen LogP contribution in [0.5, 0.6) is 0 Å². The van der Waals surface area contributed by atoms with E-state index in [1.165, 1.54) is 13.1 Å². The maximum Gasteiger partial charge on any atom is 0.257 e. The largest absolute Gasteiger partial charge is 0.385 e. The molecule has 0 spiro atoms. The molecule has 0 aliphatic carbocycles. The van der Waals surface area contributed by atoms with Gasteiger partial charge in [-0.3, -0.25) is 9.78 Å². The number of benzene rings is 1. The van der Waals surface area contributed by atoms with Gasteiger partial charge in [0.05, 0.1) is 0 Å². The lowest BCUT2D eigenvalue weighted by Crippen LogP contribution is -2.24. The molecule has 1 atom stereocenters. The normalized spacial score (nSPS) is 12.0. The molecule has 3 aromatic rings. The Kier molecular flexibility index (Phi) is 5.04. The maximum atomic E-state index is 13.3. The first kappa shape index (κ1) is 17.7. The van der Waals surface area contributed by atoms with Gasteiger partial charge in [0.1, 0.15) is 29.0 Å². The molecule has 8 heteroatoms. The van der Waals surface area contributed by atoms with Crippen LogP contribution in [-0.2, 0) is 6.54 Å². The minimum Gasteiger partial charge on any atom is -0.385 e. The number of nitrogens with zero attached hydrogens (tertiary/aromatic N) is 2. The Balaban J connectivity index is 1.89. The zero-order valence-electron chi connectivity index (χ0n) is 13.7.